The number of aromatic nitrogens is 5. The summed E-state index contributed by atoms with van der Waals surface area (Å²) in [5.41, 5.74) is 6.88. The van der Waals surface area contributed by atoms with Crippen LogP contribution in [0.5, 0.6) is 0 Å². The van der Waals surface area contributed by atoms with Crippen LogP contribution in [0.1, 0.15) is 0 Å². The minimum absolute atomic E-state index is 0.692. The molecule has 0 aliphatic rings. The molecule has 0 radical (unpaired) electrons. The lowest BCUT2D eigenvalue weighted by atomic mass is 9.99. The first-order valence-electron chi connectivity index (χ1n) is 9.91. The van der Waals surface area contributed by atoms with Crippen molar-refractivity contribution in [2.24, 2.45) is 0 Å². The summed E-state index contributed by atoms with van der Waals surface area (Å²) in [5, 5.41) is 10.2. The molecule has 3 aromatic heterocycles. The number of hydrogen-bond donors (Lipinski definition) is 0. The third kappa shape index (κ3) is 2.82. The lowest BCUT2D eigenvalue weighted by Crippen LogP contribution is -1.99. The molecule has 0 fully saturated rings. The van der Waals surface area contributed by atoms with E-state index in [2.05, 4.69) is 39.0 Å². The quantitative estimate of drug-likeness (QED) is 0.349. The molecule has 6 rings (SSSR count). The van der Waals surface area contributed by atoms with Gasteiger partial charge in [-0.1, -0.05) is 72.3 Å². The maximum atomic E-state index is 6.19. The van der Waals surface area contributed by atoms with Gasteiger partial charge in [0.1, 0.15) is 12.7 Å². The highest BCUT2D eigenvalue weighted by Crippen LogP contribution is 2.43. The molecule has 0 spiro atoms. The van der Waals surface area contributed by atoms with Gasteiger partial charge in [-0.25, -0.2) is 4.98 Å². The Kier molecular flexibility index (Phi) is 4.08. The predicted octanol–water partition coefficient (Wildman–Crippen LogP) is 6.06. The maximum Gasteiger partial charge on any atom is 0.173 e. The van der Waals surface area contributed by atoms with Gasteiger partial charge in [0.2, 0.25) is 0 Å². The highest BCUT2D eigenvalue weighted by Gasteiger charge is 2.24. The topological polar surface area (TPSA) is 48.0 Å². The molecule has 0 saturated carbocycles. The number of hydrogen-bond acceptors (Lipinski definition) is 3. The fourth-order valence-electron chi connectivity index (χ4n) is 4.11. The maximum absolute atomic E-state index is 6.19. The number of benzene rings is 3. The van der Waals surface area contributed by atoms with Crippen LogP contribution < -0.4 is 0 Å². The zero-order chi connectivity index (χ0) is 20.8. The van der Waals surface area contributed by atoms with Crippen LogP contribution in [0.4, 0.5) is 0 Å². The summed E-state index contributed by atoms with van der Waals surface area (Å²) in [7, 11) is 0. The molecule has 3 aromatic carbocycles. The zero-order valence-electron chi connectivity index (χ0n) is 16.4. The lowest BCUT2D eigenvalue weighted by molar-refractivity contribution is 1.05. The highest BCUT2D eigenvalue weighted by molar-refractivity contribution is 6.30. The summed E-state index contributed by atoms with van der Waals surface area (Å²) in [6, 6.07) is 28.5. The van der Waals surface area contributed by atoms with Crippen LogP contribution in [0.25, 0.3) is 44.8 Å². The van der Waals surface area contributed by atoms with Crippen molar-refractivity contribution in [3.8, 4) is 28.1 Å². The monoisotopic (exact) mass is 421 g/mol. The van der Waals surface area contributed by atoms with Crippen LogP contribution >= 0.6 is 11.6 Å². The van der Waals surface area contributed by atoms with Crippen molar-refractivity contribution in [1.29, 1.82) is 0 Å². The minimum atomic E-state index is 0.692. The van der Waals surface area contributed by atoms with Gasteiger partial charge < -0.3 is 0 Å². The van der Waals surface area contributed by atoms with Gasteiger partial charge in [0.05, 0.1) is 11.1 Å². The molecule has 0 amide bonds. The van der Waals surface area contributed by atoms with Crippen molar-refractivity contribution >= 4 is 28.3 Å². The van der Waals surface area contributed by atoms with E-state index in [0.29, 0.717) is 5.02 Å². The molecule has 148 valence electrons. The largest absolute Gasteiger partial charge is 0.293 e. The first-order valence-corrected chi connectivity index (χ1v) is 10.3. The second-order valence-electron chi connectivity index (χ2n) is 7.27. The van der Waals surface area contributed by atoms with Crippen molar-refractivity contribution < 1.29 is 0 Å². The van der Waals surface area contributed by atoms with Gasteiger partial charge in [-0.3, -0.25) is 8.97 Å². The Bertz CT molecular complexity index is 1520. The third-order valence-corrected chi connectivity index (χ3v) is 5.69. The fraction of sp³-hybridized carbons (Fsp3) is 0. The van der Waals surface area contributed by atoms with Crippen LogP contribution in [0.15, 0.2) is 97.6 Å². The average Bonchev–Trinajstić information content (AvgIpc) is 3.43. The van der Waals surface area contributed by atoms with Crippen molar-refractivity contribution in [1.82, 2.24) is 24.1 Å². The van der Waals surface area contributed by atoms with Gasteiger partial charge >= 0.3 is 0 Å². The molecule has 0 bridgehead atoms. The van der Waals surface area contributed by atoms with Gasteiger partial charge in [0, 0.05) is 16.3 Å². The molecule has 31 heavy (non-hydrogen) atoms. The molecule has 6 heteroatoms. The van der Waals surface area contributed by atoms with Gasteiger partial charge in [0.15, 0.2) is 11.3 Å². The molecule has 0 atom stereocenters. The van der Waals surface area contributed by atoms with Crippen LogP contribution in [-0.2, 0) is 0 Å². The SMILES string of the molecule is Clc1ccc(-n2c(-c3ccccc3)c(-c3ccccc3)c3c2ncn2cnnc32)cc1. The molecule has 6 aromatic rings. The van der Waals surface area contributed by atoms with Crippen molar-refractivity contribution in [3.05, 3.63) is 103 Å². The average molecular weight is 422 g/mol. The minimum Gasteiger partial charge on any atom is -0.293 e. The van der Waals surface area contributed by atoms with Gasteiger partial charge in [-0.15, -0.1) is 10.2 Å². The molecule has 0 unspecified atom stereocenters. The third-order valence-electron chi connectivity index (χ3n) is 5.44. The predicted molar refractivity (Wildman–Crippen MR) is 123 cm³/mol. The van der Waals surface area contributed by atoms with Crippen molar-refractivity contribution in [2.75, 3.05) is 0 Å². The van der Waals surface area contributed by atoms with Gasteiger partial charge in [-0.05, 0) is 35.4 Å². The highest BCUT2D eigenvalue weighted by atomic mass is 35.5. The summed E-state index contributed by atoms with van der Waals surface area (Å²) >= 11 is 6.19. The van der Waals surface area contributed by atoms with Crippen LogP contribution in [0.2, 0.25) is 5.02 Å². The number of fused-ring (bicyclic) bond motifs is 3. The summed E-state index contributed by atoms with van der Waals surface area (Å²) in [4.78, 5) is 4.83. The number of halogens is 1. The van der Waals surface area contributed by atoms with E-state index in [1.807, 2.05) is 65.1 Å². The summed E-state index contributed by atoms with van der Waals surface area (Å²) < 4.78 is 4.04. The van der Waals surface area contributed by atoms with Gasteiger partial charge in [-0.2, -0.15) is 0 Å². The molecule has 5 nitrogen and oxygen atoms in total. The van der Waals surface area contributed by atoms with Crippen LogP contribution in [0.3, 0.4) is 0 Å². The van der Waals surface area contributed by atoms with E-state index in [-0.39, 0.29) is 0 Å². The molecular weight excluding hydrogens is 406 g/mol. The van der Waals surface area contributed by atoms with Crippen molar-refractivity contribution in [3.63, 3.8) is 0 Å². The summed E-state index contributed by atoms with van der Waals surface area (Å²) in [5.74, 6) is 0. The number of rotatable bonds is 3. The van der Waals surface area contributed by atoms with E-state index in [0.717, 1.165) is 44.8 Å². The van der Waals surface area contributed by atoms with Crippen LogP contribution in [0, 0.1) is 0 Å². The van der Waals surface area contributed by atoms with Crippen LogP contribution in [-0.4, -0.2) is 24.1 Å². The number of nitrogens with zero attached hydrogens (tertiary/aromatic N) is 5. The molecular formula is C25H16ClN5. The van der Waals surface area contributed by atoms with Crippen molar-refractivity contribution in [2.45, 2.75) is 0 Å². The molecule has 0 aliphatic heterocycles. The Morgan fingerprint density at radius 3 is 2.06 bits per heavy atom. The Hall–Kier alpha value is -3.96. The van der Waals surface area contributed by atoms with E-state index >= 15 is 0 Å². The summed E-state index contributed by atoms with van der Waals surface area (Å²) in [6.07, 6.45) is 3.44. The Morgan fingerprint density at radius 1 is 0.677 bits per heavy atom. The molecule has 3 heterocycles. The first-order chi connectivity index (χ1) is 15.3. The lowest BCUT2D eigenvalue weighted by Gasteiger charge is -2.13. The zero-order valence-corrected chi connectivity index (χ0v) is 17.1. The van der Waals surface area contributed by atoms with E-state index in [4.69, 9.17) is 16.6 Å². The normalized spacial score (nSPS) is 11.4. The summed E-state index contributed by atoms with van der Waals surface area (Å²) in [6.45, 7) is 0. The second kappa shape index (κ2) is 7.07. The van der Waals surface area contributed by atoms with E-state index < -0.39 is 0 Å². The Labute approximate surface area is 183 Å². The fourth-order valence-corrected chi connectivity index (χ4v) is 4.24. The Balaban J connectivity index is 1.85. The van der Waals surface area contributed by atoms with E-state index in [9.17, 15) is 0 Å². The molecule has 0 N–H and O–H groups in total. The Morgan fingerprint density at radius 2 is 1.35 bits per heavy atom. The smallest absolute Gasteiger partial charge is 0.173 e. The second-order valence-corrected chi connectivity index (χ2v) is 7.71. The molecule has 0 aliphatic carbocycles. The van der Waals surface area contributed by atoms with Gasteiger partial charge in [0.25, 0.3) is 0 Å². The first kappa shape index (κ1) is 17.9. The van der Waals surface area contributed by atoms with E-state index in [1.54, 1.807) is 12.7 Å². The molecule has 0 saturated heterocycles. The standard InChI is InChI=1S/C25H16ClN5/c26-19-11-13-20(14-12-19)31-23(18-9-5-2-6-10-18)21(17-7-3-1-4-8-17)22-24(31)27-15-30-16-28-29-25(22)30/h1-16H. The van der Waals surface area contributed by atoms with E-state index in [1.165, 1.54) is 0 Å².